The highest BCUT2D eigenvalue weighted by atomic mass is 16.2. The largest absolute Gasteiger partial charge is 0.380 e. The summed E-state index contributed by atoms with van der Waals surface area (Å²) in [6.07, 6.45) is 4.80. The number of hydrogen-bond donors (Lipinski definition) is 2. The topological polar surface area (TPSA) is 57.3 Å². The number of piperidine rings is 1. The molecular formula is C21H26N4O. The Hall–Kier alpha value is -2.56. The number of amides is 1. The van der Waals surface area contributed by atoms with Crippen LogP contribution >= 0.6 is 0 Å². The standard InChI is InChI=1S/C21H26N4O/c1-14-11-16-13-19(18-5-3-4-8-22-18)24-21(16)20(12-14)23-17-6-9-25(10-7-17)15(2)26/h3-5,8,11-12,17,19,23-24H,6-7,9-10,13H2,1-2H3. The lowest BCUT2D eigenvalue weighted by molar-refractivity contribution is -0.129. The molecule has 136 valence electrons. The monoisotopic (exact) mass is 350 g/mol. The lowest BCUT2D eigenvalue weighted by Gasteiger charge is -2.32. The molecule has 1 amide bonds. The maximum Gasteiger partial charge on any atom is 0.219 e. The van der Waals surface area contributed by atoms with Crippen molar-refractivity contribution in [2.75, 3.05) is 23.7 Å². The average molecular weight is 350 g/mol. The Morgan fingerprint density at radius 2 is 2.08 bits per heavy atom. The van der Waals surface area contributed by atoms with Gasteiger partial charge in [0.15, 0.2) is 0 Å². The van der Waals surface area contributed by atoms with E-state index < -0.39 is 0 Å². The minimum atomic E-state index is 0.180. The van der Waals surface area contributed by atoms with Crippen LogP contribution in [0.1, 0.15) is 42.6 Å². The van der Waals surface area contributed by atoms with E-state index in [1.165, 1.54) is 22.5 Å². The molecular weight excluding hydrogens is 324 g/mol. The van der Waals surface area contributed by atoms with Crippen LogP contribution in [0.4, 0.5) is 11.4 Å². The number of likely N-dealkylation sites (tertiary alicyclic amines) is 1. The third kappa shape index (κ3) is 3.39. The zero-order chi connectivity index (χ0) is 18.1. The van der Waals surface area contributed by atoms with Crippen molar-refractivity contribution in [3.8, 4) is 0 Å². The summed E-state index contributed by atoms with van der Waals surface area (Å²) in [5, 5.41) is 7.41. The zero-order valence-electron chi connectivity index (χ0n) is 15.5. The third-order valence-electron chi connectivity index (χ3n) is 5.45. The average Bonchev–Trinajstić information content (AvgIpc) is 3.07. The Kier molecular flexibility index (Phi) is 4.53. The van der Waals surface area contributed by atoms with Crippen LogP contribution in [-0.4, -0.2) is 34.9 Å². The second-order valence-electron chi connectivity index (χ2n) is 7.43. The van der Waals surface area contributed by atoms with Crippen LogP contribution in [0, 0.1) is 6.92 Å². The van der Waals surface area contributed by atoms with Gasteiger partial charge in [-0.15, -0.1) is 0 Å². The normalized spacial score (nSPS) is 19.8. The number of nitrogens with one attached hydrogen (secondary N) is 2. The van der Waals surface area contributed by atoms with E-state index in [0.717, 1.165) is 38.0 Å². The number of nitrogens with zero attached hydrogens (tertiary/aromatic N) is 2. The van der Waals surface area contributed by atoms with E-state index in [-0.39, 0.29) is 11.9 Å². The predicted octanol–water partition coefficient (Wildman–Crippen LogP) is 3.52. The van der Waals surface area contributed by atoms with Crippen molar-refractivity contribution in [3.63, 3.8) is 0 Å². The number of rotatable bonds is 3. The Labute approximate surface area is 154 Å². The van der Waals surface area contributed by atoms with Crippen molar-refractivity contribution in [3.05, 3.63) is 53.3 Å². The van der Waals surface area contributed by atoms with Gasteiger partial charge < -0.3 is 15.5 Å². The SMILES string of the molecule is CC(=O)N1CCC(Nc2cc(C)cc3c2NC(c2ccccn2)C3)CC1. The molecule has 5 heteroatoms. The van der Waals surface area contributed by atoms with Gasteiger partial charge in [-0.25, -0.2) is 0 Å². The van der Waals surface area contributed by atoms with E-state index in [1.54, 1.807) is 6.92 Å². The number of benzene rings is 1. The molecule has 1 atom stereocenters. The van der Waals surface area contributed by atoms with Gasteiger partial charge in [-0.3, -0.25) is 9.78 Å². The highest BCUT2D eigenvalue weighted by Gasteiger charge is 2.27. The molecule has 0 spiro atoms. The fourth-order valence-electron chi connectivity index (χ4n) is 4.07. The first kappa shape index (κ1) is 16.9. The highest BCUT2D eigenvalue weighted by molar-refractivity contribution is 5.77. The Morgan fingerprint density at radius 3 is 2.77 bits per heavy atom. The van der Waals surface area contributed by atoms with Gasteiger partial charge in [-0.1, -0.05) is 12.1 Å². The number of pyridine rings is 1. The highest BCUT2D eigenvalue weighted by Crippen LogP contribution is 2.40. The zero-order valence-corrected chi connectivity index (χ0v) is 15.5. The second kappa shape index (κ2) is 6.98. The minimum absolute atomic E-state index is 0.180. The quantitative estimate of drug-likeness (QED) is 0.889. The summed E-state index contributed by atoms with van der Waals surface area (Å²) >= 11 is 0. The molecule has 26 heavy (non-hydrogen) atoms. The first-order chi connectivity index (χ1) is 12.6. The number of anilines is 2. The van der Waals surface area contributed by atoms with Gasteiger partial charge in [0.2, 0.25) is 5.91 Å². The molecule has 2 aromatic rings. The summed E-state index contributed by atoms with van der Waals surface area (Å²) in [4.78, 5) is 18.0. The molecule has 1 aromatic heterocycles. The molecule has 0 saturated carbocycles. The Bertz CT molecular complexity index is 797. The van der Waals surface area contributed by atoms with Gasteiger partial charge in [0, 0.05) is 38.7 Å². The maximum absolute atomic E-state index is 11.5. The van der Waals surface area contributed by atoms with Crippen LogP contribution in [0.5, 0.6) is 0 Å². The van der Waals surface area contributed by atoms with Gasteiger partial charge in [-0.05, 0) is 49.1 Å². The molecule has 2 N–H and O–H groups in total. The molecule has 1 unspecified atom stereocenters. The predicted molar refractivity (Wildman–Crippen MR) is 104 cm³/mol. The molecule has 1 fully saturated rings. The fraction of sp³-hybridized carbons (Fsp3) is 0.429. The number of aromatic nitrogens is 1. The van der Waals surface area contributed by atoms with Gasteiger partial charge in [0.05, 0.1) is 23.1 Å². The first-order valence-corrected chi connectivity index (χ1v) is 9.43. The van der Waals surface area contributed by atoms with Crippen molar-refractivity contribution in [1.82, 2.24) is 9.88 Å². The van der Waals surface area contributed by atoms with Gasteiger partial charge in [-0.2, -0.15) is 0 Å². The molecule has 0 bridgehead atoms. The number of carbonyl (C=O) groups excluding carboxylic acids is 1. The van der Waals surface area contributed by atoms with E-state index in [2.05, 4.69) is 40.7 Å². The first-order valence-electron chi connectivity index (χ1n) is 9.43. The number of hydrogen-bond acceptors (Lipinski definition) is 4. The minimum Gasteiger partial charge on any atom is -0.380 e. The van der Waals surface area contributed by atoms with Crippen LogP contribution in [-0.2, 0) is 11.2 Å². The third-order valence-corrected chi connectivity index (χ3v) is 5.45. The van der Waals surface area contributed by atoms with E-state index >= 15 is 0 Å². The number of fused-ring (bicyclic) bond motifs is 1. The van der Waals surface area contributed by atoms with E-state index in [9.17, 15) is 4.79 Å². The summed E-state index contributed by atoms with van der Waals surface area (Å²) in [6.45, 7) is 5.48. The summed E-state index contributed by atoms with van der Waals surface area (Å²) in [6, 6.07) is 11.2. The van der Waals surface area contributed by atoms with Crippen LogP contribution in [0.25, 0.3) is 0 Å². The van der Waals surface area contributed by atoms with Crippen molar-refractivity contribution in [2.24, 2.45) is 0 Å². The summed E-state index contributed by atoms with van der Waals surface area (Å²) in [5.41, 5.74) is 6.10. The molecule has 1 saturated heterocycles. The van der Waals surface area contributed by atoms with Crippen molar-refractivity contribution in [1.29, 1.82) is 0 Å². The molecule has 2 aliphatic heterocycles. The van der Waals surface area contributed by atoms with Crippen LogP contribution in [0.15, 0.2) is 36.5 Å². The molecule has 2 aliphatic rings. The number of aryl methyl sites for hydroxylation is 1. The van der Waals surface area contributed by atoms with Gasteiger partial charge >= 0.3 is 0 Å². The maximum atomic E-state index is 11.5. The van der Waals surface area contributed by atoms with Gasteiger partial charge in [0.1, 0.15) is 0 Å². The molecule has 1 aromatic carbocycles. The molecule has 0 aliphatic carbocycles. The Balaban J connectivity index is 1.50. The second-order valence-corrected chi connectivity index (χ2v) is 7.43. The summed E-state index contributed by atoms with van der Waals surface area (Å²) < 4.78 is 0. The van der Waals surface area contributed by atoms with Crippen molar-refractivity contribution in [2.45, 2.75) is 45.2 Å². The fourth-order valence-corrected chi connectivity index (χ4v) is 4.07. The molecule has 5 nitrogen and oxygen atoms in total. The Morgan fingerprint density at radius 1 is 1.27 bits per heavy atom. The summed E-state index contributed by atoms with van der Waals surface area (Å²) in [5.74, 6) is 0.180. The van der Waals surface area contributed by atoms with Crippen LogP contribution in [0.2, 0.25) is 0 Å². The van der Waals surface area contributed by atoms with Crippen LogP contribution < -0.4 is 10.6 Å². The lowest BCUT2D eigenvalue weighted by atomic mass is 10.0. The van der Waals surface area contributed by atoms with Crippen LogP contribution in [0.3, 0.4) is 0 Å². The van der Waals surface area contributed by atoms with Gasteiger partial charge in [0.25, 0.3) is 0 Å². The summed E-state index contributed by atoms with van der Waals surface area (Å²) in [7, 11) is 0. The van der Waals surface area contributed by atoms with E-state index in [0.29, 0.717) is 6.04 Å². The van der Waals surface area contributed by atoms with Crippen molar-refractivity contribution < 1.29 is 4.79 Å². The lowest BCUT2D eigenvalue weighted by Crippen LogP contribution is -2.41. The van der Waals surface area contributed by atoms with E-state index in [1.807, 2.05) is 23.2 Å². The smallest absolute Gasteiger partial charge is 0.219 e. The molecule has 3 heterocycles. The molecule has 0 radical (unpaired) electrons. The van der Waals surface area contributed by atoms with E-state index in [4.69, 9.17) is 0 Å². The van der Waals surface area contributed by atoms with Crippen molar-refractivity contribution >= 4 is 17.3 Å². The molecule has 4 rings (SSSR count). The number of carbonyl (C=O) groups is 1.